The number of nitrogens with zero attached hydrogens (tertiary/aromatic N) is 3. The van der Waals surface area contributed by atoms with Gasteiger partial charge in [-0.05, 0) is 42.0 Å². The Labute approximate surface area is 184 Å². The predicted molar refractivity (Wildman–Crippen MR) is 116 cm³/mol. The monoisotopic (exact) mass is 459 g/mol. The fraction of sp³-hybridized carbons (Fsp3) is 0.238. The molecule has 1 atom stereocenters. The lowest BCUT2D eigenvalue weighted by Gasteiger charge is -2.22. The van der Waals surface area contributed by atoms with Crippen molar-refractivity contribution in [2.75, 3.05) is 20.2 Å². The summed E-state index contributed by atoms with van der Waals surface area (Å²) < 4.78 is 42.2. The molecular formula is C21H18ClN3O5S. The van der Waals surface area contributed by atoms with Gasteiger partial charge in [0, 0.05) is 23.4 Å². The van der Waals surface area contributed by atoms with Crippen LogP contribution in [0.3, 0.4) is 0 Å². The SMILES string of the molecule is COc1ccc(C2=NN(S(C)(=O)=O)[C@@H](c3cc4cc5c(cc4nc3Cl)OCO5)C2)cc1. The molecule has 0 amide bonds. The highest BCUT2D eigenvalue weighted by Gasteiger charge is 2.36. The van der Waals surface area contributed by atoms with E-state index in [9.17, 15) is 8.42 Å². The lowest BCUT2D eigenvalue weighted by atomic mass is 9.99. The summed E-state index contributed by atoms with van der Waals surface area (Å²) in [5.41, 5.74) is 2.66. The maximum atomic E-state index is 12.5. The number of aromatic nitrogens is 1. The topological polar surface area (TPSA) is 90.3 Å². The molecule has 0 aliphatic carbocycles. The number of pyridine rings is 1. The average molecular weight is 460 g/mol. The summed E-state index contributed by atoms with van der Waals surface area (Å²) in [6.45, 7) is 0.149. The normalized spacial score (nSPS) is 17.8. The zero-order valence-corrected chi connectivity index (χ0v) is 18.3. The van der Waals surface area contributed by atoms with Crippen LogP contribution in [0.4, 0.5) is 0 Å². The number of fused-ring (bicyclic) bond motifs is 2. The van der Waals surface area contributed by atoms with Crippen LogP contribution in [-0.2, 0) is 10.0 Å². The molecule has 31 heavy (non-hydrogen) atoms. The third kappa shape index (κ3) is 3.53. The highest BCUT2D eigenvalue weighted by atomic mass is 35.5. The van der Waals surface area contributed by atoms with Crippen LogP contribution in [0.2, 0.25) is 5.15 Å². The lowest BCUT2D eigenvalue weighted by Crippen LogP contribution is -2.26. The van der Waals surface area contributed by atoms with Crippen LogP contribution in [0.15, 0.2) is 47.6 Å². The molecule has 2 aromatic carbocycles. The molecule has 0 saturated heterocycles. The number of sulfonamides is 1. The van der Waals surface area contributed by atoms with Gasteiger partial charge in [-0.15, -0.1) is 0 Å². The zero-order valence-electron chi connectivity index (χ0n) is 16.7. The van der Waals surface area contributed by atoms with Gasteiger partial charge in [0.2, 0.25) is 16.8 Å². The van der Waals surface area contributed by atoms with Gasteiger partial charge in [0.1, 0.15) is 10.9 Å². The minimum absolute atomic E-state index is 0.149. The van der Waals surface area contributed by atoms with Crippen LogP contribution >= 0.6 is 11.6 Å². The van der Waals surface area contributed by atoms with Crippen molar-refractivity contribution in [1.29, 1.82) is 0 Å². The Morgan fingerprint density at radius 2 is 1.84 bits per heavy atom. The third-order valence-corrected chi connectivity index (χ3v) is 6.60. The molecule has 10 heteroatoms. The lowest BCUT2D eigenvalue weighted by molar-refractivity contribution is 0.174. The van der Waals surface area contributed by atoms with E-state index >= 15 is 0 Å². The fourth-order valence-electron chi connectivity index (χ4n) is 3.77. The first-order valence-electron chi connectivity index (χ1n) is 9.44. The van der Waals surface area contributed by atoms with Gasteiger partial charge in [-0.2, -0.15) is 9.52 Å². The van der Waals surface area contributed by atoms with E-state index in [0.717, 1.165) is 21.6 Å². The molecule has 3 heterocycles. The van der Waals surface area contributed by atoms with Crippen molar-refractivity contribution < 1.29 is 22.6 Å². The van der Waals surface area contributed by atoms with Crippen LogP contribution in [-0.4, -0.2) is 43.7 Å². The van der Waals surface area contributed by atoms with Gasteiger partial charge in [-0.1, -0.05) is 11.6 Å². The Balaban J connectivity index is 1.57. The standard InChI is InChI=1S/C21H18ClN3O5S/c1-28-14-5-3-12(4-6-14)17-9-18(25(24-17)31(2,26)27)15-7-13-8-19-20(30-11-29-19)10-16(13)23-21(15)22/h3-8,10,18H,9,11H2,1-2H3/t18-/m1/s1. The summed E-state index contributed by atoms with van der Waals surface area (Å²) >= 11 is 6.51. The number of hydrogen-bond acceptors (Lipinski definition) is 7. The van der Waals surface area contributed by atoms with Gasteiger partial charge in [0.15, 0.2) is 11.5 Å². The molecular weight excluding hydrogens is 442 g/mol. The Kier molecular flexibility index (Phi) is 4.67. The second-order valence-corrected chi connectivity index (χ2v) is 9.50. The number of hydrogen-bond donors (Lipinski definition) is 0. The molecule has 0 saturated carbocycles. The smallest absolute Gasteiger partial charge is 0.247 e. The second kappa shape index (κ2) is 7.28. The van der Waals surface area contributed by atoms with Crippen LogP contribution in [0.5, 0.6) is 17.2 Å². The number of benzene rings is 2. The maximum Gasteiger partial charge on any atom is 0.247 e. The van der Waals surface area contributed by atoms with E-state index in [1.54, 1.807) is 13.2 Å². The third-order valence-electron chi connectivity index (χ3n) is 5.28. The van der Waals surface area contributed by atoms with E-state index in [0.29, 0.717) is 40.5 Å². The molecule has 3 aromatic rings. The summed E-state index contributed by atoms with van der Waals surface area (Å²) in [6, 6.07) is 12.1. The first-order chi connectivity index (χ1) is 14.8. The van der Waals surface area contributed by atoms with Crippen molar-refractivity contribution >= 4 is 38.2 Å². The molecule has 5 rings (SSSR count). The molecule has 2 aliphatic heterocycles. The number of rotatable bonds is 4. The quantitative estimate of drug-likeness (QED) is 0.552. The number of ether oxygens (including phenoxy) is 3. The largest absolute Gasteiger partial charge is 0.497 e. The van der Waals surface area contributed by atoms with Crippen LogP contribution in [0.1, 0.15) is 23.6 Å². The van der Waals surface area contributed by atoms with E-state index in [2.05, 4.69) is 10.1 Å². The molecule has 0 N–H and O–H groups in total. The van der Waals surface area contributed by atoms with Gasteiger partial charge in [-0.25, -0.2) is 13.4 Å². The molecule has 0 unspecified atom stereocenters. The van der Waals surface area contributed by atoms with E-state index < -0.39 is 16.1 Å². The van der Waals surface area contributed by atoms with E-state index in [1.807, 2.05) is 36.4 Å². The van der Waals surface area contributed by atoms with E-state index in [1.165, 1.54) is 0 Å². The van der Waals surface area contributed by atoms with Crippen LogP contribution < -0.4 is 14.2 Å². The number of halogens is 1. The zero-order chi connectivity index (χ0) is 21.8. The fourth-order valence-corrected chi connectivity index (χ4v) is 4.94. The molecule has 0 spiro atoms. The van der Waals surface area contributed by atoms with Crippen molar-refractivity contribution in [3.8, 4) is 17.2 Å². The Morgan fingerprint density at radius 1 is 1.13 bits per heavy atom. The summed E-state index contributed by atoms with van der Waals surface area (Å²) in [6.07, 6.45) is 1.48. The Bertz CT molecular complexity index is 1330. The molecule has 2 aliphatic rings. The van der Waals surface area contributed by atoms with Crippen molar-refractivity contribution in [1.82, 2.24) is 9.40 Å². The van der Waals surface area contributed by atoms with Crippen molar-refractivity contribution in [3.05, 3.63) is 58.7 Å². The van der Waals surface area contributed by atoms with Crippen molar-refractivity contribution in [2.45, 2.75) is 12.5 Å². The van der Waals surface area contributed by atoms with E-state index in [4.69, 9.17) is 25.8 Å². The second-order valence-electron chi connectivity index (χ2n) is 7.30. The first-order valence-corrected chi connectivity index (χ1v) is 11.7. The minimum Gasteiger partial charge on any atom is -0.497 e. The van der Waals surface area contributed by atoms with E-state index in [-0.39, 0.29) is 11.9 Å². The highest BCUT2D eigenvalue weighted by Crippen LogP contribution is 2.41. The average Bonchev–Trinajstić information content (AvgIpc) is 3.38. The Hall–Kier alpha value is -3.04. The number of methoxy groups -OCH3 is 1. The van der Waals surface area contributed by atoms with Crippen LogP contribution in [0, 0.1) is 0 Å². The van der Waals surface area contributed by atoms with Crippen molar-refractivity contribution in [3.63, 3.8) is 0 Å². The Morgan fingerprint density at radius 3 is 2.52 bits per heavy atom. The summed E-state index contributed by atoms with van der Waals surface area (Å²) in [5, 5.41) is 5.40. The molecule has 8 nitrogen and oxygen atoms in total. The number of hydrazone groups is 1. The molecule has 0 radical (unpaired) electrons. The van der Waals surface area contributed by atoms with Crippen molar-refractivity contribution in [2.24, 2.45) is 5.10 Å². The van der Waals surface area contributed by atoms with Gasteiger partial charge >= 0.3 is 0 Å². The first kappa shape index (κ1) is 19.9. The van der Waals surface area contributed by atoms with Gasteiger partial charge in [0.05, 0.1) is 30.6 Å². The minimum atomic E-state index is -3.64. The molecule has 0 bridgehead atoms. The maximum absolute atomic E-state index is 12.5. The van der Waals surface area contributed by atoms with Crippen LogP contribution in [0.25, 0.3) is 10.9 Å². The molecule has 1 aromatic heterocycles. The van der Waals surface area contributed by atoms with Gasteiger partial charge in [0.25, 0.3) is 0 Å². The molecule has 0 fully saturated rings. The highest BCUT2D eigenvalue weighted by molar-refractivity contribution is 7.88. The summed E-state index contributed by atoms with van der Waals surface area (Å²) in [7, 11) is -2.06. The summed E-state index contributed by atoms with van der Waals surface area (Å²) in [5.74, 6) is 1.93. The summed E-state index contributed by atoms with van der Waals surface area (Å²) in [4.78, 5) is 4.48. The van der Waals surface area contributed by atoms with Gasteiger partial charge < -0.3 is 14.2 Å². The molecule has 160 valence electrons. The van der Waals surface area contributed by atoms with Gasteiger partial charge in [-0.3, -0.25) is 0 Å². The predicted octanol–water partition coefficient (Wildman–Crippen LogP) is 3.74.